The van der Waals surface area contributed by atoms with Crippen LogP contribution >= 0.6 is 11.8 Å². The Balaban J connectivity index is 1.82. The minimum Gasteiger partial charge on any atom is -0.390 e. The molecule has 0 saturated carbocycles. The van der Waals surface area contributed by atoms with E-state index in [0.717, 1.165) is 41.5 Å². The van der Waals surface area contributed by atoms with Crippen LogP contribution in [0.1, 0.15) is 12.7 Å². The second-order valence-corrected chi connectivity index (χ2v) is 6.17. The number of hydrogen-bond acceptors (Lipinski definition) is 4. The van der Waals surface area contributed by atoms with Gasteiger partial charge in [0, 0.05) is 24.5 Å². The third-order valence-corrected chi connectivity index (χ3v) is 4.73. The molecule has 1 aromatic heterocycles. The van der Waals surface area contributed by atoms with Gasteiger partial charge in [0.2, 0.25) is 0 Å². The van der Waals surface area contributed by atoms with Gasteiger partial charge in [-0.2, -0.15) is 11.8 Å². The minimum atomic E-state index is -0.482. The number of aromatic nitrogens is 2. The van der Waals surface area contributed by atoms with Gasteiger partial charge in [-0.3, -0.25) is 0 Å². The highest BCUT2D eigenvalue weighted by molar-refractivity contribution is 7.99. The lowest BCUT2D eigenvalue weighted by Crippen LogP contribution is -2.37. The second-order valence-electron chi connectivity index (χ2n) is 5.02. The predicted molar refractivity (Wildman–Crippen MR) is 82.2 cm³/mol. The summed E-state index contributed by atoms with van der Waals surface area (Å²) in [7, 11) is 0. The summed E-state index contributed by atoms with van der Waals surface area (Å²) in [6.45, 7) is 3.70. The molecule has 0 radical (unpaired) electrons. The molecular weight excluding hydrogens is 272 g/mol. The molecule has 108 valence electrons. The Bertz CT molecular complexity index is 578. The topological polar surface area (TPSA) is 47.3 Å². The second kappa shape index (κ2) is 6.16. The molecule has 2 aromatic rings. The summed E-state index contributed by atoms with van der Waals surface area (Å²) < 4.78 is 7.83. The summed E-state index contributed by atoms with van der Waals surface area (Å²) in [6, 6.07) is 8.12. The first kappa shape index (κ1) is 13.9. The van der Waals surface area contributed by atoms with E-state index < -0.39 is 6.10 Å². The highest BCUT2D eigenvalue weighted by Crippen LogP contribution is 2.21. The molecule has 4 nitrogen and oxygen atoms in total. The summed E-state index contributed by atoms with van der Waals surface area (Å²) in [5.41, 5.74) is 2.13. The van der Waals surface area contributed by atoms with Crippen LogP contribution in [-0.2, 0) is 17.7 Å². The minimum absolute atomic E-state index is 0.0705. The van der Waals surface area contributed by atoms with Gasteiger partial charge in [0.1, 0.15) is 5.82 Å². The number of hydrogen-bond donors (Lipinski definition) is 1. The quantitative estimate of drug-likeness (QED) is 0.937. The summed E-state index contributed by atoms with van der Waals surface area (Å²) in [5.74, 6) is 2.84. The van der Waals surface area contributed by atoms with Crippen LogP contribution in [0.2, 0.25) is 0 Å². The Kier molecular flexibility index (Phi) is 4.29. The molecule has 0 aliphatic carbocycles. The summed E-state index contributed by atoms with van der Waals surface area (Å²) in [5, 5.41) is 10.4. The number of para-hydroxylation sites is 2. The van der Waals surface area contributed by atoms with E-state index in [1.807, 2.05) is 30.0 Å². The van der Waals surface area contributed by atoms with E-state index in [0.29, 0.717) is 6.42 Å². The van der Waals surface area contributed by atoms with Crippen molar-refractivity contribution in [2.75, 3.05) is 18.1 Å². The molecule has 5 heteroatoms. The molecule has 20 heavy (non-hydrogen) atoms. The standard InChI is InChI=1S/C15H20N2O2S/c1-2-17-12-6-4-3-5-11(12)16-15(17)9-13(18)14-10-20-8-7-19-14/h3-6,13-14,18H,2,7-10H2,1H3. The Morgan fingerprint density at radius 1 is 1.50 bits per heavy atom. The van der Waals surface area contributed by atoms with Crippen molar-refractivity contribution in [3.8, 4) is 0 Å². The van der Waals surface area contributed by atoms with E-state index in [2.05, 4.69) is 22.5 Å². The van der Waals surface area contributed by atoms with E-state index in [1.165, 1.54) is 0 Å². The Morgan fingerprint density at radius 2 is 2.35 bits per heavy atom. The lowest BCUT2D eigenvalue weighted by molar-refractivity contribution is -0.0218. The van der Waals surface area contributed by atoms with E-state index in [-0.39, 0.29) is 6.10 Å². The van der Waals surface area contributed by atoms with Crippen LogP contribution in [0.3, 0.4) is 0 Å². The normalized spacial score (nSPS) is 21.2. The van der Waals surface area contributed by atoms with Gasteiger partial charge < -0.3 is 14.4 Å². The van der Waals surface area contributed by atoms with Crippen molar-refractivity contribution in [2.24, 2.45) is 0 Å². The number of thioether (sulfide) groups is 1. The summed E-state index contributed by atoms with van der Waals surface area (Å²) in [6.07, 6.45) is -0.00270. The van der Waals surface area contributed by atoms with Gasteiger partial charge >= 0.3 is 0 Å². The number of aliphatic hydroxyl groups is 1. The van der Waals surface area contributed by atoms with Crippen molar-refractivity contribution in [2.45, 2.75) is 32.1 Å². The third-order valence-electron chi connectivity index (χ3n) is 3.71. The fourth-order valence-electron chi connectivity index (χ4n) is 2.68. The number of aliphatic hydroxyl groups excluding tert-OH is 1. The fraction of sp³-hybridized carbons (Fsp3) is 0.533. The Hall–Kier alpha value is -1.04. The lowest BCUT2D eigenvalue weighted by Gasteiger charge is -2.26. The highest BCUT2D eigenvalue weighted by atomic mass is 32.2. The lowest BCUT2D eigenvalue weighted by atomic mass is 10.1. The van der Waals surface area contributed by atoms with Gasteiger partial charge in [0.25, 0.3) is 0 Å². The molecule has 3 rings (SSSR count). The molecule has 0 spiro atoms. The monoisotopic (exact) mass is 292 g/mol. The number of fused-ring (bicyclic) bond motifs is 1. The van der Waals surface area contributed by atoms with Crippen molar-refractivity contribution in [3.63, 3.8) is 0 Å². The van der Waals surface area contributed by atoms with E-state index in [4.69, 9.17) is 4.74 Å². The van der Waals surface area contributed by atoms with Crippen molar-refractivity contribution < 1.29 is 9.84 Å². The molecule has 2 atom stereocenters. The number of benzene rings is 1. The molecule has 1 fully saturated rings. The van der Waals surface area contributed by atoms with Gasteiger partial charge in [-0.1, -0.05) is 12.1 Å². The first-order valence-corrected chi connectivity index (χ1v) is 8.26. The Morgan fingerprint density at radius 3 is 3.10 bits per heavy atom. The molecule has 1 aromatic carbocycles. The van der Waals surface area contributed by atoms with Crippen LogP contribution in [-0.4, -0.2) is 45.0 Å². The van der Waals surface area contributed by atoms with Crippen LogP contribution in [0.5, 0.6) is 0 Å². The van der Waals surface area contributed by atoms with E-state index >= 15 is 0 Å². The zero-order chi connectivity index (χ0) is 13.9. The zero-order valence-corrected chi connectivity index (χ0v) is 12.5. The molecular formula is C15H20N2O2S. The van der Waals surface area contributed by atoms with Crippen LogP contribution in [0, 0.1) is 0 Å². The largest absolute Gasteiger partial charge is 0.390 e. The maximum Gasteiger partial charge on any atom is 0.112 e. The van der Waals surface area contributed by atoms with Gasteiger partial charge in [-0.15, -0.1) is 0 Å². The van der Waals surface area contributed by atoms with Gasteiger partial charge in [0.15, 0.2) is 0 Å². The van der Waals surface area contributed by atoms with Crippen molar-refractivity contribution in [1.82, 2.24) is 9.55 Å². The number of imidazole rings is 1. The van der Waals surface area contributed by atoms with Crippen LogP contribution < -0.4 is 0 Å². The maximum atomic E-state index is 10.4. The molecule has 2 unspecified atom stereocenters. The zero-order valence-electron chi connectivity index (χ0n) is 11.7. The number of nitrogens with zero attached hydrogens (tertiary/aromatic N) is 2. The average Bonchev–Trinajstić information content (AvgIpc) is 2.85. The van der Waals surface area contributed by atoms with E-state index in [9.17, 15) is 5.11 Å². The van der Waals surface area contributed by atoms with E-state index in [1.54, 1.807) is 0 Å². The van der Waals surface area contributed by atoms with Crippen LogP contribution in [0.15, 0.2) is 24.3 Å². The summed E-state index contributed by atoms with van der Waals surface area (Å²) in [4.78, 5) is 4.66. The SMILES string of the molecule is CCn1c(CC(O)C2CSCCO2)nc2ccccc21. The number of rotatable bonds is 4. The average molecular weight is 292 g/mol. The first-order chi connectivity index (χ1) is 9.79. The van der Waals surface area contributed by atoms with Gasteiger partial charge in [0.05, 0.1) is 29.8 Å². The van der Waals surface area contributed by atoms with Crippen LogP contribution in [0.4, 0.5) is 0 Å². The van der Waals surface area contributed by atoms with Crippen LogP contribution in [0.25, 0.3) is 11.0 Å². The molecule has 1 N–H and O–H groups in total. The molecule has 1 aliphatic heterocycles. The number of ether oxygens (including phenoxy) is 1. The predicted octanol–water partition coefficient (Wildman–Crippen LogP) is 2.09. The molecule has 2 heterocycles. The third kappa shape index (κ3) is 2.71. The smallest absolute Gasteiger partial charge is 0.112 e. The van der Waals surface area contributed by atoms with Crippen molar-refractivity contribution >= 4 is 22.8 Å². The molecule has 0 amide bonds. The summed E-state index contributed by atoms with van der Waals surface area (Å²) >= 11 is 1.84. The van der Waals surface area contributed by atoms with Crippen molar-refractivity contribution in [3.05, 3.63) is 30.1 Å². The first-order valence-electron chi connectivity index (χ1n) is 7.11. The fourth-order valence-corrected chi connectivity index (χ4v) is 3.61. The maximum absolute atomic E-state index is 10.4. The Labute approximate surface area is 123 Å². The molecule has 1 saturated heterocycles. The molecule has 1 aliphatic rings. The highest BCUT2D eigenvalue weighted by Gasteiger charge is 2.25. The number of aryl methyl sites for hydroxylation is 1. The van der Waals surface area contributed by atoms with Crippen molar-refractivity contribution in [1.29, 1.82) is 0 Å². The van der Waals surface area contributed by atoms with Gasteiger partial charge in [-0.05, 0) is 19.1 Å². The molecule has 0 bridgehead atoms. The van der Waals surface area contributed by atoms with Gasteiger partial charge in [-0.25, -0.2) is 4.98 Å².